The quantitative estimate of drug-likeness (QED) is 0.259. The predicted octanol–water partition coefficient (Wildman–Crippen LogP) is 3.36. The molecule has 2 rings (SSSR count). The maximum absolute atomic E-state index is 13.3. The fourth-order valence-corrected chi connectivity index (χ4v) is 1.42. The van der Waals surface area contributed by atoms with E-state index in [0.29, 0.717) is 11.3 Å². The second-order valence-electron chi connectivity index (χ2n) is 3.82. The van der Waals surface area contributed by atoms with Crippen LogP contribution in [0.2, 0.25) is 0 Å². The summed E-state index contributed by atoms with van der Waals surface area (Å²) in [5.74, 6) is -5.92. The van der Waals surface area contributed by atoms with Crippen LogP contribution in [-0.4, -0.2) is 0 Å². The van der Waals surface area contributed by atoms with Gasteiger partial charge in [0.1, 0.15) is 5.56 Å². The van der Waals surface area contributed by atoms with E-state index < -0.39 is 34.6 Å². The third-order valence-electron chi connectivity index (χ3n) is 2.45. The highest BCUT2D eigenvalue weighted by molar-refractivity contribution is 5.48. The molecule has 20 heavy (non-hydrogen) atoms. The number of anilines is 1. The molecular weight excluding hydrogens is 277 g/mol. The topological polar surface area (TPSA) is 26.0 Å². The van der Waals surface area contributed by atoms with Crippen molar-refractivity contribution in [1.29, 1.82) is 0 Å². The van der Waals surface area contributed by atoms with Gasteiger partial charge in [-0.05, 0) is 24.3 Å². The van der Waals surface area contributed by atoms with E-state index >= 15 is 0 Å². The van der Waals surface area contributed by atoms with Crippen LogP contribution in [0.4, 0.5) is 27.6 Å². The van der Waals surface area contributed by atoms with Crippen molar-refractivity contribution >= 4 is 5.69 Å². The molecule has 0 fully saturated rings. The van der Waals surface area contributed by atoms with Crippen molar-refractivity contribution in [2.45, 2.75) is 0 Å². The summed E-state index contributed by atoms with van der Waals surface area (Å²) in [6.07, 6.45) is 0. The number of rotatable bonds is 0. The Kier molecular flexibility index (Phi) is 3.61. The van der Waals surface area contributed by atoms with Gasteiger partial charge in [0, 0.05) is 11.3 Å². The summed E-state index contributed by atoms with van der Waals surface area (Å²) in [7, 11) is 0. The van der Waals surface area contributed by atoms with E-state index in [2.05, 4.69) is 5.92 Å². The molecule has 0 radical (unpaired) electrons. The number of nitrogen functional groups attached to an aromatic ring is 1. The fourth-order valence-electron chi connectivity index (χ4n) is 1.42. The number of nitrogens with two attached hydrogens (primary N) is 1. The van der Waals surface area contributed by atoms with Gasteiger partial charge in [-0.15, -0.1) is 0 Å². The second kappa shape index (κ2) is 5.21. The molecule has 2 aromatic carbocycles. The molecule has 0 aliphatic carbocycles. The maximum Gasteiger partial charge on any atom is 0.200 e. The van der Waals surface area contributed by atoms with Crippen LogP contribution in [0.3, 0.4) is 0 Å². The van der Waals surface area contributed by atoms with Gasteiger partial charge in [-0.2, -0.15) is 0 Å². The van der Waals surface area contributed by atoms with Crippen molar-refractivity contribution in [1.82, 2.24) is 0 Å². The summed E-state index contributed by atoms with van der Waals surface area (Å²) in [4.78, 5) is 0. The molecule has 2 aromatic rings. The molecule has 0 spiro atoms. The van der Waals surface area contributed by atoms with Gasteiger partial charge in [-0.25, -0.2) is 22.0 Å². The van der Waals surface area contributed by atoms with Crippen molar-refractivity contribution in [2.24, 2.45) is 0 Å². The Morgan fingerprint density at radius 2 is 1.10 bits per heavy atom. The molecule has 0 aromatic heterocycles. The van der Waals surface area contributed by atoms with E-state index in [0.717, 1.165) is 0 Å². The number of hydrogen-bond acceptors (Lipinski definition) is 1. The third-order valence-corrected chi connectivity index (χ3v) is 2.45. The van der Waals surface area contributed by atoms with Crippen LogP contribution in [0.1, 0.15) is 11.1 Å². The molecule has 0 aliphatic rings. The fraction of sp³-hybridized carbons (Fsp3) is 0. The Morgan fingerprint density at radius 1 is 0.650 bits per heavy atom. The molecule has 0 saturated heterocycles. The van der Waals surface area contributed by atoms with Crippen LogP contribution in [0.25, 0.3) is 0 Å². The lowest BCUT2D eigenvalue weighted by Gasteiger charge is -2.02. The molecule has 0 saturated carbocycles. The first-order valence-electron chi connectivity index (χ1n) is 5.30. The van der Waals surface area contributed by atoms with Gasteiger partial charge in [-0.3, -0.25) is 0 Å². The van der Waals surface area contributed by atoms with Crippen LogP contribution in [0.15, 0.2) is 24.3 Å². The van der Waals surface area contributed by atoms with E-state index in [1.807, 2.05) is 5.92 Å². The van der Waals surface area contributed by atoms with E-state index in [1.54, 1.807) is 0 Å². The first kappa shape index (κ1) is 13.9. The van der Waals surface area contributed by atoms with Gasteiger partial charge in [0.05, 0.1) is 0 Å². The van der Waals surface area contributed by atoms with Crippen LogP contribution in [0.5, 0.6) is 0 Å². The van der Waals surface area contributed by atoms with E-state index in [-0.39, 0.29) is 0 Å². The minimum absolute atomic E-state index is 0.322. The third kappa shape index (κ3) is 2.43. The lowest BCUT2D eigenvalue weighted by molar-refractivity contribution is 0.376. The highest BCUT2D eigenvalue weighted by atomic mass is 19.2. The monoisotopic (exact) mass is 283 g/mol. The van der Waals surface area contributed by atoms with Crippen LogP contribution < -0.4 is 5.73 Å². The Balaban J connectivity index is 2.53. The van der Waals surface area contributed by atoms with Crippen LogP contribution in [-0.2, 0) is 0 Å². The highest BCUT2D eigenvalue weighted by Gasteiger charge is 2.24. The van der Waals surface area contributed by atoms with Crippen molar-refractivity contribution in [3.63, 3.8) is 0 Å². The van der Waals surface area contributed by atoms with Crippen molar-refractivity contribution in [2.75, 3.05) is 5.73 Å². The molecule has 0 atom stereocenters. The summed E-state index contributed by atoms with van der Waals surface area (Å²) in [5.41, 5.74) is 5.03. The molecule has 0 unspecified atom stereocenters. The summed E-state index contributed by atoms with van der Waals surface area (Å²) < 4.78 is 65.3. The largest absolute Gasteiger partial charge is 0.399 e. The molecule has 102 valence electrons. The van der Waals surface area contributed by atoms with Gasteiger partial charge < -0.3 is 5.73 Å². The van der Waals surface area contributed by atoms with E-state index in [9.17, 15) is 22.0 Å². The van der Waals surface area contributed by atoms with Crippen LogP contribution in [0, 0.1) is 40.9 Å². The lowest BCUT2D eigenvalue weighted by Crippen LogP contribution is -2.04. The highest BCUT2D eigenvalue weighted by Crippen LogP contribution is 2.22. The average Bonchev–Trinajstić information content (AvgIpc) is 2.45. The number of halogens is 5. The molecule has 0 aliphatic heterocycles. The SMILES string of the molecule is Nc1ccc(C#Cc2c(F)c(F)c(F)c(F)c2F)cc1. The number of benzene rings is 2. The summed E-state index contributed by atoms with van der Waals surface area (Å²) in [6, 6.07) is 5.88. The predicted molar refractivity (Wildman–Crippen MR) is 63.1 cm³/mol. The second-order valence-corrected chi connectivity index (χ2v) is 3.82. The van der Waals surface area contributed by atoms with Crippen LogP contribution >= 0.6 is 0 Å². The molecule has 0 heterocycles. The van der Waals surface area contributed by atoms with Crippen molar-refractivity contribution < 1.29 is 22.0 Å². The normalized spacial score (nSPS) is 10.1. The van der Waals surface area contributed by atoms with E-state index in [1.165, 1.54) is 24.3 Å². The first-order chi connectivity index (χ1) is 9.41. The Morgan fingerprint density at radius 3 is 1.60 bits per heavy atom. The molecule has 0 amide bonds. The minimum atomic E-state index is -2.21. The standard InChI is InChI=1S/C14H6F5N/c15-10-9(11(16)13(18)14(19)12(10)17)6-3-7-1-4-8(20)5-2-7/h1-2,4-5H,20H2. The maximum atomic E-state index is 13.3. The smallest absolute Gasteiger partial charge is 0.200 e. The zero-order valence-electron chi connectivity index (χ0n) is 9.78. The van der Waals surface area contributed by atoms with Crippen molar-refractivity contribution in [3.8, 4) is 11.8 Å². The lowest BCUT2D eigenvalue weighted by atomic mass is 10.1. The van der Waals surface area contributed by atoms with Crippen molar-refractivity contribution in [3.05, 3.63) is 64.5 Å². The van der Waals surface area contributed by atoms with Gasteiger partial charge in [0.2, 0.25) is 5.82 Å². The Labute approximate surface area is 110 Å². The zero-order valence-corrected chi connectivity index (χ0v) is 9.78. The minimum Gasteiger partial charge on any atom is -0.399 e. The zero-order chi connectivity index (χ0) is 14.9. The van der Waals surface area contributed by atoms with E-state index in [4.69, 9.17) is 5.73 Å². The molecule has 1 nitrogen and oxygen atoms in total. The van der Waals surface area contributed by atoms with Gasteiger partial charge >= 0.3 is 0 Å². The summed E-state index contributed by atoms with van der Waals surface area (Å²) >= 11 is 0. The Hall–Kier alpha value is -2.55. The average molecular weight is 283 g/mol. The number of hydrogen-bond donors (Lipinski definition) is 1. The molecule has 6 heteroatoms. The summed E-state index contributed by atoms with van der Waals surface area (Å²) in [6.45, 7) is 0. The Bertz CT molecular complexity index is 697. The van der Waals surface area contributed by atoms with Gasteiger partial charge in [-0.1, -0.05) is 11.8 Å². The molecular formula is C14H6F5N. The first-order valence-corrected chi connectivity index (χ1v) is 5.30. The summed E-state index contributed by atoms with van der Waals surface area (Å²) in [5, 5.41) is 0. The van der Waals surface area contributed by atoms with Gasteiger partial charge in [0.15, 0.2) is 23.3 Å². The molecule has 0 bridgehead atoms. The molecule has 2 N–H and O–H groups in total. The van der Waals surface area contributed by atoms with Gasteiger partial charge in [0.25, 0.3) is 0 Å².